The van der Waals surface area contributed by atoms with E-state index in [4.69, 9.17) is 4.74 Å². The summed E-state index contributed by atoms with van der Waals surface area (Å²) in [6.45, 7) is 2.46. The van der Waals surface area contributed by atoms with Crippen LogP contribution in [-0.4, -0.2) is 54.8 Å². The van der Waals surface area contributed by atoms with Gasteiger partial charge in [-0.05, 0) is 43.6 Å². The fourth-order valence-corrected chi connectivity index (χ4v) is 4.28. The molecule has 0 bridgehead atoms. The molecule has 150 valence electrons. The third kappa shape index (κ3) is 4.43. The minimum Gasteiger partial charge on any atom is -0.381 e. The first-order valence-electron chi connectivity index (χ1n) is 10.4. The van der Waals surface area contributed by atoms with E-state index in [1.54, 1.807) is 0 Å². The molecule has 2 saturated heterocycles. The van der Waals surface area contributed by atoms with Gasteiger partial charge in [0.25, 0.3) is 5.91 Å². The molecule has 1 aromatic carbocycles. The van der Waals surface area contributed by atoms with Crippen LogP contribution in [0.1, 0.15) is 31.2 Å². The number of rotatable bonds is 7. The molecule has 0 unspecified atom stereocenters. The van der Waals surface area contributed by atoms with Crippen LogP contribution in [0.3, 0.4) is 0 Å². The average molecular weight is 384 g/mol. The molecule has 1 aliphatic carbocycles. The Labute approximate surface area is 165 Å². The topological polar surface area (TPSA) is 75.7 Å². The van der Waals surface area contributed by atoms with E-state index in [1.807, 2.05) is 35.2 Å². The van der Waals surface area contributed by atoms with E-state index in [0.29, 0.717) is 25.4 Å². The molecule has 2 aliphatic heterocycles. The molecule has 1 aromatic rings. The van der Waals surface area contributed by atoms with Crippen LogP contribution in [0.2, 0.25) is 0 Å². The molecule has 2 amide bonds. The third-order valence-electron chi connectivity index (χ3n) is 6.12. The van der Waals surface area contributed by atoms with Crippen molar-refractivity contribution in [3.05, 3.63) is 35.9 Å². The van der Waals surface area contributed by atoms with Crippen LogP contribution in [0.15, 0.2) is 30.3 Å². The highest BCUT2D eigenvalue weighted by Gasteiger charge is 2.46. The van der Waals surface area contributed by atoms with Crippen molar-refractivity contribution >= 4 is 17.6 Å². The molecule has 0 radical (unpaired) electrons. The first-order valence-corrected chi connectivity index (χ1v) is 10.4. The zero-order valence-electron chi connectivity index (χ0n) is 16.1. The predicted molar refractivity (Wildman–Crippen MR) is 103 cm³/mol. The van der Waals surface area contributed by atoms with Gasteiger partial charge in [-0.1, -0.05) is 30.3 Å². The van der Waals surface area contributed by atoms with Crippen LogP contribution in [0.4, 0.5) is 0 Å². The highest BCUT2D eigenvalue weighted by molar-refractivity contribution is 6.37. The minimum atomic E-state index is -0.564. The molecule has 28 heavy (non-hydrogen) atoms. The van der Waals surface area contributed by atoms with Gasteiger partial charge in [0.05, 0.1) is 11.8 Å². The van der Waals surface area contributed by atoms with Crippen molar-refractivity contribution in [1.82, 2.24) is 10.2 Å². The summed E-state index contributed by atoms with van der Waals surface area (Å²) >= 11 is 0. The van der Waals surface area contributed by atoms with Crippen LogP contribution < -0.4 is 5.32 Å². The fraction of sp³-hybridized carbons (Fsp3) is 0.591. The van der Waals surface area contributed by atoms with Gasteiger partial charge in [0.15, 0.2) is 0 Å². The van der Waals surface area contributed by atoms with E-state index in [1.165, 1.54) is 0 Å². The Kier molecular flexibility index (Phi) is 5.76. The lowest BCUT2D eigenvalue weighted by Gasteiger charge is -2.27. The van der Waals surface area contributed by atoms with Crippen LogP contribution in [0.25, 0.3) is 0 Å². The zero-order valence-corrected chi connectivity index (χ0v) is 16.1. The van der Waals surface area contributed by atoms with Gasteiger partial charge in [-0.15, -0.1) is 0 Å². The normalized spacial score (nSPS) is 25.7. The van der Waals surface area contributed by atoms with Gasteiger partial charge >= 0.3 is 0 Å². The van der Waals surface area contributed by atoms with Gasteiger partial charge in [0, 0.05) is 32.3 Å². The molecule has 1 N–H and O–H groups in total. The number of ketones is 1. The number of carbonyl (C=O) groups is 3. The summed E-state index contributed by atoms with van der Waals surface area (Å²) in [7, 11) is 0. The van der Waals surface area contributed by atoms with E-state index in [-0.39, 0.29) is 11.9 Å². The fourth-order valence-electron chi connectivity index (χ4n) is 4.28. The number of hydrogen-bond acceptors (Lipinski definition) is 4. The highest BCUT2D eigenvalue weighted by atomic mass is 16.5. The molecule has 0 spiro atoms. The van der Waals surface area contributed by atoms with E-state index in [0.717, 1.165) is 44.5 Å². The molecule has 1 saturated carbocycles. The molecule has 3 aliphatic rings. The van der Waals surface area contributed by atoms with Crippen molar-refractivity contribution < 1.29 is 19.1 Å². The van der Waals surface area contributed by atoms with Gasteiger partial charge in [-0.2, -0.15) is 0 Å². The molecular weight excluding hydrogens is 356 g/mol. The van der Waals surface area contributed by atoms with Crippen molar-refractivity contribution in [1.29, 1.82) is 0 Å². The van der Waals surface area contributed by atoms with E-state index in [9.17, 15) is 14.4 Å². The lowest BCUT2D eigenvalue weighted by molar-refractivity contribution is -0.141. The second kappa shape index (κ2) is 8.43. The van der Waals surface area contributed by atoms with Crippen LogP contribution in [0.5, 0.6) is 0 Å². The summed E-state index contributed by atoms with van der Waals surface area (Å²) in [4.78, 5) is 40.2. The van der Waals surface area contributed by atoms with Gasteiger partial charge in [-0.25, -0.2) is 0 Å². The Morgan fingerprint density at radius 3 is 2.46 bits per heavy atom. The maximum Gasteiger partial charge on any atom is 0.287 e. The van der Waals surface area contributed by atoms with Gasteiger partial charge in [0.1, 0.15) is 0 Å². The second-order valence-corrected chi connectivity index (χ2v) is 8.31. The monoisotopic (exact) mass is 384 g/mol. The summed E-state index contributed by atoms with van der Waals surface area (Å²) in [5.74, 6) is -1.56. The van der Waals surface area contributed by atoms with Crippen molar-refractivity contribution in [3.63, 3.8) is 0 Å². The van der Waals surface area contributed by atoms with Crippen molar-refractivity contribution in [2.24, 2.45) is 17.8 Å². The number of ether oxygens (including phenoxy) is 1. The molecular formula is C22H28N2O4. The van der Waals surface area contributed by atoms with Gasteiger partial charge < -0.3 is 15.0 Å². The van der Waals surface area contributed by atoms with E-state index < -0.39 is 23.5 Å². The van der Waals surface area contributed by atoms with E-state index >= 15 is 0 Å². The zero-order chi connectivity index (χ0) is 19.5. The molecule has 6 heteroatoms. The number of amides is 2. The molecule has 2 heterocycles. The summed E-state index contributed by atoms with van der Waals surface area (Å²) < 4.78 is 5.41. The molecule has 2 atom stereocenters. The highest BCUT2D eigenvalue weighted by Crippen LogP contribution is 2.31. The third-order valence-corrected chi connectivity index (χ3v) is 6.12. The number of nitrogens with zero attached hydrogens (tertiary/aromatic N) is 1. The van der Waals surface area contributed by atoms with Crippen LogP contribution in [-0.2, 0) is 25.5 Å². The van der Waals surface area contributed by atoms with Gasteiger partial charge in [0.2, 0.25) is 11.7 Å². The SMILES string of the molecule is O=C(NC1CC1)C(=O)[C@H]1CN(CC2CCOCC2)C(=O)[C@@H]1Cc1ccccc1. The average Bonchev–Trinajstić information content (AvgIpc) is 3.49. The first kappa shape index (κ1) is 19.1. The van der Waals surface area contributed by atoms with E-state index in [2.05, 4.69) is 5.32 Å². The quantitative estimate of drug-likeness (QED) is 0.724. The minimum absolute atomic E-state index is 0.00733. The lowest BCUT2D eigenvalue weighted by atomic mass is 9.86. The smallest absolute Gasteiger partial charge is 0.287 e. The summed E-state index contributed by atoms with van der Waals surface area (Å²) in [6, 6.07) is 9.89. The number of hydrogen-bond donors (Lipinski definition) is 1. The Morgan fingerprint density at radius 2 is 1.79 bits per heavy atom. The molecule has 6 nitrogen and oxygen atoms in total. The second-order valence-electron chi connectivity index (χ2n) is 8.31. The number of nitrogens with one attached hydrogen (secondary N) is 1. The molecule has 0 aromatic heterocycles. The van der Waals surface area contributed by atoms with Crippen molar-refractivity contribution in [2.45, 2.75) is 38.1 Å². The van der Waals surface area contributed by atoms with Crippen LogP contribution in [0, 0.1) is 17.8 Å². The number of carbonyl (C=O) groups excluding carboxylic acids is 3. The Morgan fingerprint density at radius 1 is 1.07 bits per heavy atom. The maximum absolute atomic E-state index is 13.2. The standard InChI is InChI=1S/C22H28N2O4/c25-20(21(26)23-17-6-7-17)19-14-24(13-16-8-10-28-11-9-16)22(27)18(19)12-15-4-2-1-3-5-15/h1-5,16-19H,6-14H2,(H,23,26)/t18-,19+/m1/s1. The van der Waals surface area contributed by atoms with Crippen molar-refractivity contribution in [3.8, 4) is 0 Å². The summed E-state index contributed by atoms with van der Waals surface area (Å²) in [5, 5.41) is 2.79. The number of Topliss-reactive ketones (excluding diaryl/α,β-unsaturated/α-hetero) is 1. The predicted octanol–water partition coefficient (Wildman–Crippen LogP) is 1.58. The largest absolute Gasteiger partial charge is 0.381 e. The van der Waals surface area contributed by atoms with Crippen LogP contribution >= 0.6 is 0 Å². The number of likely N-dealkylation sites (tertiary alicyclic amines) is 1. The summed E-state index contributed by atoms with van der Waals surface area (Å²) in [6.07, 6.45) is 4.25. The summed E-state index contributed by atoms with van der Waals surface area (Å²) in [5.41, 5.74) is 1.02. The molecule has 4 rings (SSSR count). The van der Waals surface area contributed by atoms with Gasteiger partial charge in [-0.3, -0.25) is 14.4 Å². The first-order chi connectivity index (χ1) is 13.6. The Bertz CT molecular complexity index is 725. The number of benzene rings is 1. The Hall–Kier alpha value is -2.21. The lowest BCUT2D eigenvalue weighted by Crippen LogP contribution is -2.40. The maximum atomic E-state index is 13.2. The molecule has 3 fully saturated rings. The Balaban J connectivity index is 1.49. The van der Waals surface area contributed by atoms with Crippen molar-refractivity contribution in [2.75, 3.05) is 26.3 Å².